The topological polar surface area (TPSA) is 79.5 Å². The third-order valence-electron chi connectivity index (χ3n) is 1.64. The van der Waals surface area contributed by atoms with Gasteiger partial charge in [-0.1, -0.05) is 0 Å². The van der Waals surface area contributed by atoms with Gasteiger partial charge in [-0.05, 0) is 19.1 Å². The van der Waals surface area contributed by atoms with Crippen LogP contribution in [0.5, 0.6) is 0 Å². The van der Waals surface area contributed by atoms with Crippen LogP contribution in [0.15, 0.2) is 16.5 Å². The van der Waals surface area contributed by atoms with E-state index in [0.717, 1.165) is 0 Å². The molecule has 0 saturated carbocycles. The van der Waals surface area contributed by atoms with E-state index in [2.05, 4.69) is 5.32 Å². The molecule has 2 N–H and O–H groups in total. The van der Waals surface area contributed by atoms with Gasteiger partial charge in [-0.25, -0.2) is 4.79 Å². The van der Waals surface area contributed by atoms with Crippen molar-refractivity contribution in [3.63, 3.8) is 0 Å². The average Bonchev–Trinajstić information content (AvgIpc) is 2.46. The monoisotopic (exact) mass is 197 g/mol. The Bertz CT molecular complexity index is 355. The Morgan fingerprint density at radius 2 is 2.14 bits per heavy atom. The third kappa shape index (κ3) is 2.35. The molecule has 0 bridgehead atoms. The predicted molar refractivity (Wildman–Crippen MR) is 47.6 cm³/mol. The molecule has 1 heterocycles. The summed E-state index contributed by atoms with van der Waals surface area (Å²) in [7, 11) is 0. The molecule has 76 valence electrons. The lowest BCUT2D eigenvalue weighted by Gasteiger charge is -2.09. The summed E-state index contributed by atoms with van der Waals surface area (Å²) >= 11 is 0. The fraction of sp³-hybridized carbons (Fsp3) is 0.333. The van der Waals surface area contributed by atoms with Gasteiger partial charge in [0.2, 0.25) is 5.91 Å². The van der Waals surface area contributed by atoms with E-state index in [1.165, 1.54) is 13.0 Å². The van der Waals surface area contributed by atoms with Gasteiger partial charge in [0.1, 0.15) is 11.5 Å². The van der Waals surface area contributed by atoms with Crippen molar-refractivity contribution in [2.45, 2.75) is 19.9 Å². The van der Waals surface area contributed by atoms with Gasteiger partial charge in [0.05, 0.1) is 0 Å². The highest BCUT2D eigenvalue weighted by molar-refractivity contribution is 5.82. The Morgan fingerprint density at radius 3 is 2.50 bits per heavy atom. The smallest absolute Gasteiger partial charge is 0.334 e. The van der Waals surface area contributed by atoms with E-state index in [1.54, 1.807) is 13.0 Å². The highest BCUT2D eigenvalue weighted by atomic mass is 16.4. The summed E-state index contributed by atoms with van der Waals surface area (Å²) in [6, 6.07) is 2.07. The number of furan rings is 1. The van der Waals surface area contributed by atoms with Crippen LogP contribution in [-0.4, -0.2) is 17.0 Å². The largest absolute Gasteiger partial charge is 0.479 e. The minimum atomic E-state index is -1.14. The maximum absolute atomic E-state index is 10.8. The van der Waals surface area contributed by atoms with Crippen molar-refractivity contribution < 1.29 is 19.1 Å². The molecule has 0 aliphatic rings. The molecule has 14 heavy (non-hydrogen) atoms. The average molecular weight is 197 g/mol. The maximum atomic E-state index is 10.8. The second kappa shape index (κ2) is 3.95. The van der Waals surface area contributed by atoms with Crippen LogP contribution < -0.4 is 5.32 Å². The van der Waals surface area contributed by atoms with Gasteiger partial charge in [0, 0.05) is 6.92 Å². The number of carboxylic acids is 1. The zero-order valence-corrected chi connectivity index (χ0v) is 7.90. The van der Waals surface area contributed by atoms with Gasteiger partial charge in [0.25, 0.3) is 0 Å². The highest BCUT2D eigenvalue weighted by Gasteiger charge is 2.23. The lowest BCUT2D eigenvalue weighted by molar-refractivity contribution is -0.142. The molecule has 1 aromatic rings. The summed E-state index contributed by atoms with van der Waals surface area (Å²) in [6.45, 7) is 2.96. The SMILES string of the molecule is CC(=O)NC(C(=O)O)c1ccc(C)o1. The fourth-order valence-electron chi connectivity index (χ4n) is 1.07. The van der Waals surface area contributed by atoms with Crippen molar-refractivity contribution in [2.75, 3.05) is 0 Å². The summed E-state index contributed by atoms with van der Waals surface area (Å²) in [5.41, 5.74) is 0. The van der Waals surface area contributed by atoms with Crippen LogP contribution in [0.2, 0.25) is 0 Å². The van der Waals surface area contributed by atoms with Crippen LogP contribution in [-0.2, 0) is 9.59 Å². The van der Waals surface area contributed by atoms with Crippen LogP contribution >= 0.6 is 0 Å². The van der Waals surface area contributed by atoms with Crippen molar-refractivity contribution in [1.29, 1.82) is 0 Å². The molecule has 1 atom stereocenters. The predicted octanol–water partition coefficient (Wildman–Crippen LogP) is 0.850. The summed E-state index contributed by atoms with van der Waals surface area (Å²) in [4.78, 5) is 21.5. The fourth-order valence-corrected chi connectivity index (χ4v) is 1.07. The number of carbonyl (C=O) groups excluding carboxylic acids is 1. The van der Waals surface area contributed by atoms with Crippen molar-refractivity contribution in [3.8, 4) is 0 Å². The number of nitrogens with one attached hydrogen (secondary N) is 1. The number of carbonyl (C=O) groups is 2. The molecule has 0 fully saturated rings. The van der Waals surface area contributed by atoms with Crippen LogP contribution in [0.4, 0.5) is 0 Å². The van der Waals surface area contributed by atoms with E-state index in [0.29, 0.717) is 5.76 Å². The van der Waals surface area contributed by atoms with E-state index < -0.39 is 17.9 Å². The molecule has 0 radical (unpaired) electrons. The molecule has 0 aliphatic heterocycles. The van der Waals surface area contributed by atoms with Gasteiger partial charge < -0.3 is 14.8 Å². The Hall–Kier alpha value is -1.78. The summed E-state index contributed by atoms with van der Waals surface area (Å²) < 4.78 is 5.11. The van der Waals surface area contributed by atoms with Crippen LogP contribution in [0.1, 0.15) is 24.5 Å². The van der Waals surface area contributed by atoms with Gasteiger partial charge in [-0.2, -0.15) is 0 Å². The Labute approximate surface area is 80.7 Å². The first-order valence-corrected chi connectivity index (χ1v) is 4.07. The number of aliphatic carboxylic acids is 1. The third-order valence-corrected chi connectivity index (χ3v) is 1.64. The number of hydrogen-bond acceptors (Lipinski definition) is 3. The molecule has 0 saturated heterocycles. The zero-order chi connectivity index (χ0) is 10.7. The lowest BCUT2D eigenvalue weighted by atomic mass is 10.2. The summed E-state index contributed by atoms with van der Waals surface area (Å²) in [5.74, 6) is -0.720. The van der Waals surface area contributed by atoms with Gasteiger partial charge in [-0.15, -0.1) is 0 Å². The first-order chi connectivity index (χ1) is 6.50. The molecule has 1 rings (SSSR count). The molecule has 1 unspecified atom stereocenters. The van der Waals surface area contributed by atoms with E-state index in [4.69, 9.17) is 9.52 Å². The lowest BCUT2D eigenvalue weighted by Crippen LogP contribution is -2.31. The normalized spacial score (nSPS) is 12.1. The molecule has 1 amide bonds. The summed E-state index contributed by atoms with van der Waals surface area (Å²) in [6.07, 6.45) is 0. The second-order valence-corrected chi connectivity index (χ2v) is 2.92. The van der Waals surface area contributed by atoms with Gasteiger partial charge >= 0.3 is 5.97 Å². The zero-order valence-electron chi connectivity index (χ0n) is 7.90. The molecule has 0 aromatic carbocycles. The molecule has 1 aromatic heterocycles. The van der Waals surface area contributed by atoms with Crippen LogP contribution in [0.25, 0.3) is 0 Å². The number of aryl methyl sites for hydroxylation is 1. The van der Waals surface area contributed by atoms with Crippen molar-refractivity contribution in [1.82, 2.24) is 5.32 Å². The molecule has 5 nitrogen and oxygen atoms in total. The number of rotatable bonds is 3. The Balaban J connectivity index is 2.88. The van der Waals surface area contributed by atoms with E-state index in [1.807, 2.05) is 0 Å². The first kappa shape index (κ1) is 10.3. The van der Waals surface area contributed by atoms with Crippen LogP contribution in [0.3, 0.4) is 0 Å². The van der Waals surface area contributed by atoms with E-state index in [9.17, 15) is 9.59 Å². The number of carboxylic acid groups (broad SMARTS) is 1. The molecule has 0 aliphatic carbocycles. The van der Waals surface area contributed by atoms with E-state index in [-0.39, 0.29) is 5.76 Å². The summed E-state index contributed by atoms with van der Waals surface area (Å²) in [5, 5.41) is 11.1. The van der Waals surface area contributed by atoms with E-state index >= 15 is 0 Å². The van der Waals surface area contributed by atoms with Crippen molar-refractivity contribution in [2.24, 2.45) is 0 Å². The highest BCUT2D eigenvalue weighted by Crippen LogP contribution is 2.16. The standard InChI is InChI=1S/C9H11NO4/c1-5-3-4-7(14-5)8(9(12)13)10-6(2)11/h3-4,8H,1-2H3,(H,10,11)(H,12,13). The molecule has 0 spiro atoms. The Morgan fingerprint density at radius 1 is 1.50 bits per heavy atom. The van der Waals surface area contributed by atoms with Crippen molar-refractivity contribution >= 4 is 11.9 Å². The minimum Gasteiger partial charge on any atom is -0.479 e. The molecule has 5 heteroatoms. The first-order valence-electron chi connectivity index (χ1n) is 4.07. The molecular formula is C9H11NO4. The van der Waals surface area contributed by atoms with Crippen LogP contribution in [0, 0.1) is 6.92 Å². The van der Waals surface area contributed by atoms with Gasteiger partial charge in [-0.3, -0.25) is 4.79 Å². The quantitative estimate of drug-likeness (QED) is 0.752. The van der Waals surface area contributed by atoms with Crippen molar-refractivity contribution in [3.05, 3.63) is 23.7 Å². The number of amides is 1. The van der Waals surface area contributed by atoms with Gasteiger partial charge in [0.15, 0.2) is 6.04 Å². The second-order valence-electron chi connectivity index (χ2n) is 2.92. The Kier molecular flexibility index (Phi) is 2.91. The number of hydrogen-bond donors (Lipinski definition) is 2. The maximum Gasteiger partial charge on any atom is 0.334 e. The minimum absolute atomic E-state index is 0.227. The molecular weight excluding hydrogens is 186 g/mol.